The van der Waals surface area contributed by atoms with Gasteiger partial charge in [-0.3, -0.25) is 4.90 Å². The predicted molar refractivity (Wildman–Crippen MR) is 151 cm³/mol. The number of anilines is 2. The molecule has 0 spiro atoms. The lowest BCUT2D eigenvalue weighted by Gasteiger charge is -2.32. The number of nitriles is 1. The molecule has 200 valence electrons. The maximum atomic E-state index is 11.8. The Morgan fingerprint density at radius 1 is 1.21 bits per heavy atom. The van der Waals surface area contributed by atoms with Crippen LogP contribution < -0.4 is 15.8 Å². The number of nitrogens with one attached hydrogen (secondary N) is 1. The fourth-order valence-corrected chi connectivity index (χ4v) is 5.60. The highest BCUT2D eigenvalue weighted by molar-refractivity contribution is 9.10. The number of ether oxygens (including phenoxy) is 1. The molecule has 1 aromatic heterocycles. The Morgan fingerprint density at radius 3 is 2.45 bits per heavy atom. The van der Waals surface area contributed by atoms with Crippen LogP contribution in [0.3, 0.4) is 0 Å². The number of rotatable bonds is 7. The largest absolute Gasteiger partial charge is 0.437 e. The molecule has 4 rings (SSSR count). The highest BCUT2D eigenvalue weighted by atomic mass is 79.9. The number of hydrogen-bond acceptors (Lipinski definition) is 9. The average Bonchev–Trinajstić information content (AvgIpc) is 2.85. The lowest BCUT2D eigenvalue weighted by molar-refractivity contribution is 0.211. The van der Waals surface area contributed by atoms with Gasteiger partial charge in [0.05, 0.1) is 16.5 Å². The molecule has 3 aromatic rings. The van der Waals surface area contributed by atoms with Crippen molar-refractivity contribution in [1.82, 2.24) is 14.9 Å². The molecule has 1 aliphatic heterocycles. The third kappa shape index (κ3) is 6.56. The smallest absolute Gasteiger partial charge is 0.240 e. The summed E-state index contributed by atoms with van der Waals surface area (Å²) in [4.78, 5) is 11.4. The van der Waals surface area contributed by atoms with Crippen molar-refractivity contribution < 1.29 is 13.2 Å². The van der Waals surface area contributed by atoms with Crippen LogP contribution in [0.1, 0.15) is 35.1 Å². The van der Waals surface area contributed by atoms with Crippen LogP contribution in [0.25, 0.3) is 0 Å². The van der Waals surface area contributed by atoms with E-state index in [1.165, 1.54) is 12.3 Å². The molecule has 0 bridgehead atoms. The lowest BCUT2D eigenvalue weighted by Crippen LogP contribution is -2.39. The first-order valence-corrected chi connectivity index (χ1v) is 15.0. The quantitative estimate of drug-likeness (QED) is 0.364. The molecule has 1 aliphatic rings. The minimum absolute atomic E-state index is 0.140. The van der Waals surface area contributed by atoms with Crippen molar-refractivity contribution >= 4 is 49.1 Å². The van der Waals surface area contributed by atoms with Gasteiger partial charge in [-0.1, -0.05) is 17.7 Å². The van der Waals surface area contributed by atoms with Gasteiger partial charge in [0, 0.05) is 37.0 Å². The Balaban J connectivity index is 1.41. The molecule has 1 fully saturated rings. The van der Waals surface area contributed by atoms with Crippen molar-refractivity contribution in [3.63, 3.8) is 0 Å². The van der Waals surface area contributed by atoms with Crippen molar-refractivity contribution in [1.29, 1.82) is 5.26 Å². The monoisotopic (exact) mass is 618 g/mol. The standard InChI is InChI=1S/C26H28BrClN6O3S/c1-15-10-17(13-29)11-16(2)23(15)37-25-22(27)24(30)32-26(33-25)31-19-6-8-34(9-7-19)14-18-4-5-20(12-21(18)28)38(3,35)36/h4-5,10-12,19H,6-9,14H2,1-3H3,(H3,30,31,32,33). The molecule has 9 nitrogen and oxygen atoms in total. The van der Waals surface area contributed by atoms with E-state index in [1.54, 1.807) is 24.3 Å². The number of likely N-dealkylation sites (tertiary alicyclic amines) is 1. The summed E-state index contributed by atoms with van der Waals surface area (Å²) in [5, 5.41) is 13.0. The number of nitrogens with two attached hydrogens (primary N) is 1. The SMILES string of the molecule is Cc1cc(C#N)cc(C)c1Oc1nc(NC2CCN(Cc3ccc(S(C)(=O)=O)cc3Cl)CC2)nc(N)c1Br. The molecule has 0 aliphatic carbocycles. The molecule has 0 radical (unpaired) electrons. The topological polar surface area (TPSA) is 134 Å². The minimum atomic E-state index is -3.30. The van der Waals surface area contributed by atoms with Crippen LogP contribution in [0.15, 0.2) is 39.7 Å². The molecule has 38 heavy (non-hydrogen) atoms. The number of benzene rings is 2. The van der Waals surface area contributed by atoms with E-state index >= 15 is 0 Å². The van der Waals surface area contributed by atoms with Crippen LogP contribution in [-0.2, 0) is 16.4 Å². The number of nitrogen functional groups attached to an aromatic ring is 1. The Kier molecular flexibility index (Phi) is 8.47. The first-order valence-electron chi connectivity index (χ1n) is 11.9. The second-order valence-electron chi connectivity index (χ2n) is 9.42. The minimum Gasteiger partial charge on any atom is -0.437 e. The highest BCUT2D eigenvalue weighted by Crippen LogP contribution is 2.36. The third-order valence-corrected chi connectivity index (χ3v) is 8.61. The van der Waals surface area contributed by atoms with E-state index in [4.69, 9.17) is 22.1 Å². The number of aromatic nitrogens is 2. The van der Waals surface area contributed by atoms with Gasteiger partial charge in [-0.25, -0.2) is 8.42 Å². The molecule has 2 heterocycles. The molecule has 0 unspecified atom stereocenters. The summed E-state index contributed by atoms with van der Waals surface area (Å²) in [6.45, 7) is 6.03. The summed E-state index contributed by atoms with van der Waals surface area (Å²) in [6.07, 6.45) is 2.87. The van der Waals surface area contributed by atoms with E-state index < -0.39 is 9.84 Å². The first-order chi connectivity index (χ1) is 17.9. The lowest BCUT2D eigenvalue weighted by atomic mass is 10.0. The summed E-state index contributed by atoms with van der Waals surface area (Å²) >= 11 is 9.79. The van der Waals surface area contributed by atoms with Gasteiger partial charge in [0.1, 0.15) is 16.0 Å². The highest BCUT2D eigenvalue weighted by Gasteiger charge is 2.23. The summed E-state index contributed by atoms with van der Waals surface area (Å²) < 4.78 is 30.1. The van der Waals surface area contributed by atoms with Gasteiger partial charge in [0.15, 0.2) is 9.84 Å². The molecule has 0 atom stereocenters. The van der Waals surface area contributed by atoms with Crippen molar-refractivity contribution in [2.45, 2.75) is 44.2 Å². The zero-order valence-corrected chi connectivity index (χ0v) is 24.4. The van der Waals surface area contributed by atoms with E-state index in [0.717, 1.165) is 42.6 Å². The molecule has 2 aromatic carbocycles. The van der Waals surface area contributed by atoms with Gasteiger partial charge in [-0.15, -0.1) is 0 Å². The normalized spacial score (nSPS) is 14.7. The second kappa shape index (κ2) is 11.5. The third-order valence-electron chi connectivity index (χ3n) is 6.40. The number of nitrogens with zero attached hydrogens (tertiary/aromatic N) is 4. The predicted octanol–water partition coefficient (Wildman–Crippen LogP) is 5.24. The van der Waals surface area contributed by atoms with Gasteiger partial charge in [-0.05, 0) is 83.6 Å². The zero-order chi connectivity index (χ0) is 27.6. The summed E-state index contributed by atoms with van der Waals surface area (Å²) in [5.41, 5.74) is 9.24. The Bertz CT molecular complexity index is 1500. The van der Waals surface area contributed by atoms with Crippen LogP contribution in [0.2, 0.25) is 5.02 Å². The molecule has 1 saturated heterocycles. The van der Waals surface area contributed by atoms with E-state index in [0.29, 0.717) is 39.2 Å². The van der Waals surface area contributed by atoms with Crippen molar-refractivity contribution in [2.24, 2.45) is 0 Å². The van der Waals surface area contributed by atoms with Gasteiger partial charge < -0.3 is 15.8 Å². The molecule has 0 amide bonds. The van der Waals surface area contributed by atoms with E-state index in [2.05, 4.69) is 42.2 Å². The maximum Gasteiger partial charge on any atom is 0.240 e. The number of aryl methyl sites for hydroxylation is 2. The van der Waals surface area contributed by atoms with Gasteiger partial charge in [-0.2, -0.15) is 15.2 Å². The van der Waals surface area contributed by atoms with Crippen LogP contribution in [0, 0.1) is 25.2 Å². The summed E-state index contributed by atoms with van der Waals surface area (Å²) in [6, 6.07) is 10.7. The van der Waals surface area contributed by atoms with Crippen molar-refractivity contribution in [3.05, 3.63) is 62.1 Å². The number of halogens is 2. The van der Waals surface area contributed by atoms with Gasteiger partial charge >= 0.3 is 0 Å². The molecular formula is C26H28BrClN6O3S. The number of piperidine rings is 1. The maximum absolute atomic E-state index is 11.8. The van der Waals surface area contributed by atoms with Crippen LogP contribution >= 0.6 is 27.5 Å². The molecule has 12 heteroatoms. The van der Waals surface area contributed by atoms with Crippen molar-refractivity contribution in [2.75, 3.05) is 30.4 Å². The number of hydrogen-bond donors (Lipinski definition) is 2. The Morgan fingerprint density at radius 2 is 1.87 bits per heavy atom. The fourth-order valence-electron chi connectivity index (χ4n) is 4.39. The Hall–Kier alpha value is -2.91. The fraction of sp³-hybridized carbons (Fsp3) is 0.346. The van der Waals surface area contributed by atoms with E-state index in [1.807, 2.05) is 13.8 Å². The van der Waals surface area contributed by atoms with E-state index in [9.17, 15) is 13.7 Å². The molecule has 3 N–H and O–H groups in total. The van der Waals surface area contributed by atoms with Crippen LogP contribution in [0.5, 0.6) is 11.6 Å². The van der Waals surface area contributed by atoms with Gasteiger partial charge in [0.25, 0.3) is 0 Å². The van der Waals surface area contributed by atoms with Crippen molar-refractivity contribution in [3.8, 4) is 17.7 Å². The zero-order valence-electron chi connectivity index (χ0n) is 21.3. The molecule has 0 saturated carbocycles. The van der Waals surface area contributed by atoms with Gasteiger partial charge in [0.2, 0.25) is 11.8 Å². The Labute approximate surface area is 236 Å². The van der Waals surface area contributed by atoms with Crippen LogP contribution in [-0.4, -0.2) is 48.7 Å². The number of sulfone groups is 1. The first kappa shape index (κ1) is 28.1. The van der Waals surface area contributed by atoms with Crippen LogP contribution in [0.4, 0.5) is 11.8 Å². The summed E-state index contributed by atoms with van der Waals surface area (Å²) in [5.74, 6) is 1.54. The average molecular weight is 620 g/mol. The second-order valence-corrected chi connectivity index (χ2v) is 12.6. The van der Waals surface area contributed by atoms with E-state index in [-0.39, 0.29) is 16.8 Å². The summed E-state index contributed by atoms with van der Waals surface area (Å²) in [7, 11) is -3.30. The molecular weight excluding hydrogens is 592 g/mol.